The molecule has 33 heavy (non-hydrogen) atoms. The van der Waals surface area contributed by atoms with E-state index in [0.717, 1.165) is 21.4 Å². The molecule has 1 aliphatic rings. The summed E-state index contributed by atoms with van der Waals surface area (Å²) in [5.74, 6) is -1.07. The molecule has 2 aromatic carbocycles. The molecule has 7 nitrogen and oxygen atoms in total. The van der Waals surface area contributed by atoms with Gasteiger partial charge in [-0.05, 0) is 35.7 Å². The molecule has 0 unspecified atom stereocenters. The minimum absolute atomic E-state index is 0.0944. The van der Waals surface area contributed by atoms with Crippen molar-refractivity contribution >= 4 is 54.8 Å². The maximum atomic E-state index is 14.6. The number of benzene rings is 2. The maximum Gasteiger partial charge on any atom is 0.256 e. The highest BCUT2D eigenvalue weighted by Gasteiger charge is 2.32. The van der Waals surface area contributed by atoms with Crippen LogP contribution in [0.2, 0.25) is 5.02 Å². The average molecular weight is 509 g/mol. The number of sulfonamides is 1. The highest BCUT2D eigenvalue weighted by molar-refractivity contribution is 7.91. The van der Waals surface area contributed by atoms with Gasteiger partial charge in [-0.3, -0.25) is 10.2 Å². The van der Waals surface area contributed by atoms with Gasteiger partial charge in [0.05, 0.1) is 5.56 Å². The molecule has 0 saturated carbocycles. The first-order chi connectivity index (χ1) is 15.6. The van der Waals surface area contributed by atoms with Crippen molar-refractivity contribution in [1.29, 1.82) is 5.41 Å². The van der Waals surface area contributed by atoms with Gasteiger partial charge in [-0.1, -0.05) is 23.7 Å². The number of rotatable bonds is 4. The predicted molar refractivity (Wildman–Crippen MR) is 128 cm³/mol. The summed E-state index contributed by atoms with van der Waals surface area (Å²) in [6.45, 7) is 0.551. The number of amidine groups is 1. The number of amides is 1. The fourth-order valence-electron chi connectivity index (χ4n) is 3.63. The van der Waals surface area contributed by atoms with Crippen LogP contribution in [0, 0.1) is 11.2 Å². The Morgan fingerprint density at radius 2 is 1.79 bits per heavy atom. The van der Waals surface area contributed by atoms with Gasteiger partial charge in [-0.2, -0.15) is 4.31 Å². The largest absolute Gasteiger partial charge is 0.363 e. The SMILES string of the molecule is CN(C)C(=N)c1ccc(C(=O)N2CCN(S(=O)(=O)c3cc4ccc(Cl)cc4s3)CC2)c(F)c1. The third-order valence-corrected chi connectivity index (χ3v) is 9.18. The van der Waals surface area contributed by atoms with Crippen LogP contribution in [-0.4, -0.2) is 74.5 Å². The van der Waals surface area contributed by atoms with Crippen LogP contribution < -0.4 is 0 Å². The fraction of sp³-hybridized carbons (Fsp3) is 0.273. The van der Waals surface area contributed by atoms with E-state index in [1.54, 1.807) is 43.3 Å². The Balaban J connectivity index is 1.47. The number of piperazine rings is 1. The smallest absolute Gasteiger partial charge is 0.256 e. The van der Waals surface area contributed by atoms with Crippen molar-refractivity contribution in [3.63, 3.8) is 0 Å². The lowest BCUT2D eigenvalue weighted by Gasteiger charge is -2.33. The minimum atomic E-state index is -3.71. The standard InChI is InChI=1S/C22H22ClFN4O3S2/c1-26(2)21(25)15-4-6-17(18(24)11-15)22(29)27-7-9-28(10-8-27)33(30,31)20-12-14-3-5-16(23)13-19(14)32-20/h3-6,11-13,25H,7-10H2,1-2H3. The van der Waals surface area contributed by atoms with Gasteiger partial charge in [0, 0.05) is 55.6 Å². The zero-order valence-electron chi connectivity index (χ0n) is 18.0. The van der Waals surface area contributed by atoms with Crippen LogP contribution in [0.15, 0.2) is 46.7 Å². The van der Waals surface area contributed by atoms with Gasteiger partial charge in [0.2, 0.25) is 0 Å². The van der Waals surface area contributed by atoms with Crippen molar-refractivity contribution in [1.82, 2.24) is 14.1 Å². The van der Waals surface area contributed by atoms with Crippen LogP contribution in [0.5, 0.6) is 0 Å². The molecule has 2 heterocycles. The summed E-state index contributed by atoms with van der Waals surface area (Å²) in [6.07, 6.45) is 0. The topological polar surface area (TPSA) is 84.8 Å². The molecular formula is C22H22ClFN4O3S2. The Bertz CT molecular complexity index is 1350. The Labute approximate surface area is 200 Å². The Morgan fingerprint density at radius 3 is 2.42 bits per heavy atom. The molecule has 11 heteroatoms. The van der Waals surface area contributed by atoms with Crippen LogP contribution in [0.3, 0.4) is 0 Å². The quantitative estimate of drug-likeness (QED) is 0.430. The summed E-state index contributed by atoms with van der Waals surface area (Å²) in [4.78, 5) is 15.8. The van der Waals surface area contributed by atoms with Crippen molar-refractivity contribution in [2.75, 3.05) is 40.3 Å². The van der Waals surface area contributed by atoms with E-state index in [-0.39, 0.29) is 41.8 Å². The second-order valence-electron chi connectivity index (χ2n) is 7.88. The molecule has 0 atom stereocenters. The predicted octanol–water partition coefficient (Wildman–Crippen LogP) is 3.73. The van der Waals surface area contributed by atoms with Crippen molar-refractivity contribution in [3.05, 3.63) is 64.4 Å². The summed E-state index contributed by atoms with van der Waals surface area (Å²) >= 11 is 7.16. The van der Waals surface area contributed by atoms with Gasteiger partial charge in [0.1, 0.15) is 15.9 Å². The molecule has 1 fully saturated rings. The van der Waals surface area contributed by atoms with Crippen LogP contribution in [0.25, 0.3) is 10.1 Å². The first-order valence-corrected chi connectivity index (χ1v) is 12.8. The second kappa shape index (κ2) is 9.02. The lowest BCUT2D eigenvalue weighted by Crippen LogP contribution is -2.50. The molecule has 0 radical (unpaired) electrons. The zero-order valence-corrected chi connectivity index (χ0v) is 20.4. The number of fused-ring (bicyclic) bond motifs is 1. The van der Waals surface area contributed by atoms with E-state index in [2.05, 4.69) is 0 Å². The zero-order chi connectivity index (χ0) is 23.9. The number of hydrogen-bond donors (Lipinski definition) is 1. The van der Waals surface area contributed by atoms with Crippen LogP contribution >= 0.6 is 22.9 Å². The number of nitrogens with zero attached hydrogens (tertiary/aromatic N) is 3. The van der Waals surface area contributed by atoms with E-state index in [4.69, 9.17) is 17.0 Å². The molecular weight excluding hydrogens is 487 g/mol. The van der Waals surface area contributed by atoms with Crippen molar-refractivity contribution in [3.8, 4) is 0 Å². The highest BCUT2D eigenvalue weighted by atomic mass is 35.5. The van der Waals surface area contributed by atoms with E-state index in [1.807, 2.05) is 0 Å². The molecule has 174 valence electrons. The number of nitrogens with one attached hydrogen (secondary N) is 1. The van der Waals surface area contributed by atoms with Gasteiger partial charge in [0.15, 0.2) is 0 Å². The average Bonchev–Trinajstić information content (AvgIpc) is 3.22. The van der Waals surface area contributed by atoms with E-state index in [9.17, 15) is 17.6 Å². The Hall–Kier alpha value is -2.53. The van der Waals surface area contributed by atoms with Crippen molar-refractivity contribution in [2.45, 2.75) is 4.21 Å². The molecule has 0 bridgehead atoms. The molecule has 1 aliphatic heterocycles. The van der Waals surface area contributed by atoms with Gasteiger partial charge >= 0.3 is 0 Å². The monoisotopic (exact) mass is 508 g/mol. The van der Waals surface area contributed by atoms with Crippen LogP contribution in [-0.2, 0) is 10.0 Å². The van der Waals surface area contributed by atoms with E-state index >= 15 is 0 Å². The lowest BCUT2D eigenvalue weighted by atomic mass is 10.1. The molecule has 3 aromatic rings. The van der Waals surface area contributed by atoms with Crippen molar-refractivity contribution in [2.24, 2.45) is 0 Å². The third-order valence-electron chi connectivity index (χ3n) is 5.50. The van der Waals surface area contributed by atoms with E-state index in [0.29, 0.717) is 10.6 Å². The molecule has 1 saturated heterocycles. The first-order valence-electron chi connectivity index (χ1n) is 10.1. The highest BCUT2D eigenvalue weighted by Crippen LogP contribution is 2.33. The first kappa shape index (κ1) is 23.6. The molecule has 1 aromatic heterocycles. The minimum Gasteiger partial charge on any atom is -0.363 e. The Morgan fingerprint density at radius 1 is 1.09 bits per heavy atom. The number of halogens is 2. The fourth-order valence-corrected chi connectivity index (χ4v) is 6.88. The second-order valence-corrected chi connectivity index (χ2v) is 11.6. The third kappa shape index (κ3) is 4.61. The lowest BCUT2D eigenvalue weighted by molar-refractivity contribution is 0.0693. The maximum absolute atomic E-state index is 14.6. The molecule has 1 N–H and O–H groups in total. The summed E-state index contributed by atoms with van der Waals surface area (Å²) in [6, 6.07) is 10.9. The van der Waals surface area contributed by atoms with Crippen molar-refractivity contribution < 1.29 is 17.6 Å². The Kier molecular flexibility index (Phi) is 6.45. The molecule has 1 amide bonds. The van der Waals surface area contributed by atoms with Gasteiger partial charge in [-0.15, -0.1) is 11.3 Å². The summed E-state index contributed by atoms with van der Waals surface area (Å²) < 4.78 is 43.2. The molecule has 0 aliphatic carbocycles. The van der Waals surface area contributed by atoms with E-state index in [1.165, 1.54) is 27.4 Å². The summed E-state index contributed by atoms with van der Waals surface area (Å²) in [5.41, 5.74) is 0.276. The number of carbonyl (C=O) groups is 1. The van der Waals surface area contributed by atoms with Gasteiger partial charge in [-0.25, -0.2) is 12.8 Å². The molecule has 0 spiro atoms. The van der Waals surface area contributed by atoms with Gasteiger partial charge < -0.3 is 9.80 Å². The van der Waals surface area contributed by atoms with Crippen LogP contribution in [0.4, 0.5) is 4.39 Å². The number of thiophene rings is 1. The normalized spacial score (nSPS) is 15.1. The van der Waals surface area contributed by atoms with Gasteiger partial charge in [0.25, 0.3) is 15.9 Å². The number of hydrogen-bond acceptors (Lipinski definition) is 5. The van der Waals surface area contributed by atoms with E-state index < -0.39 is 21.7 Å². The summed E-state index contributed by atoms with van der Waals surface area (Å²) in [5, 5.41) is 9.29. The molecule has 4 rings (SSSR count). The van der Waals surface area contributed by atoms with Crippen LogP contribution in [0.1, 0.15) is 15.9 Å². The number of carbonyl (C=O) groups excluding carboxylic acids is 1. The summed E-state index contributed by atoms with van der Waals surface area (Å²) in [7, 11) is -0.351.